The summed E-state index contributed by atoms with van der Waals surface area (Å²) in [5.41, 5.74) is 1.51. The lowest BCUT2D eigenvalue weighted by Gasteiger charge is -2.34. The van der Waals surface area contributed by atoms with Crippen molar-refractivity contribution in [3.8, 4) is 0 Å². The number of aromatic amines is 1. The molecule has 0 saturated carbocycles. The molecule has 6 nitrogen and oxygen atoms in total. The van der Waals surface area contributed by atoms with Gasteiger partial charge in [0.2, 0.25) is 5.91 Å². The summed E-state index contributed by atoms with van der Waals surface area (Å²) in [6.45, 7) is 7.37. The fourth-order valence-electron chi connectivity index (χ4n) is 4.71. The topological polar surface area (TPSA) is 68.4 Å². The van der Waals surface area contributed by atoms with E-state index in [1.165, 1.54) is 12.8 Å². The number of likely N-dealkylation sites (tertiary alicyclic amines) is 2. The predicted octanol–water partition coefficient (Wildman–Crippen LogP) is 3.52. The van der Waals surface area contributed by atoms with Gasteiger partial charge in [-0.3, -0.25) is 9.59 Å². The summed E-state index contributed by atoms with van der Waals surface area (Å²) in [5, 5.41) is 4.71. The zero-order chi connectivity index (χ0) is 21.1. The summed E-state index contributed by atoms with van der Waals surface area (Å²) >= 11 is 6.05. The average Bonchev–Trinajstić information content (AvgIpc) is 3.42. The van der Waals surface area contributed by atoms with Crippen molar-refractivity contribution in [2.45, 2.75) is 32.6 Å². The van der Waals surface area contributed by atoms with Crippen LogP contribution in [0.5, 0.6) is 0 Å². The lowest BCUT2D eigenvalue weighted by atomic mass is 9.84. The molecular weight excluding hydrogens is 400 g/mol. The van der Waals surface area contributed by atoms with E-state index in [-0.39, 0.29) is 17.7 Å². The molecule has 0 spiro atoms. The normalized spacial score (nSPS) is 19.3. The highest BCUT2D eigenvalue weighted by Crippen LogP contribution is 2.27. The number of carbonyl (C=O) groups is 2. The Balaban J connectivity index is 1.26. The first kappa shape index (κ1) is 21.2. The molecule has 30 heavy (non-hydrogen) atoms. The fraction of sp³-hybridized carbons (Fsp3) is 0.565. The molecule has 2 N–H and O–H groups in total. The van der Waals surface area contributed by atoms with Gasteiger partial charge < -0.3 is 20.1 Å². The first-order valence-electron chi connectivity index (χ1n) is 11.1. The van der Waals surface area contributed by atoms with Crippen LogP contribution >= 0.6 is 11.6 Å². The van der Waals surface area contributed by atoms with Crippen LogP contribution in [0.3, 0.4) is 0 Å². The number of hydrogen-bond donors (Lipinski definition) is 2. The van der Waals surface area contributed by atoms with Gasteiger partial charge in [-0.05, 0) is 69.0 Å². The Kier molecular flexibility index (Phi) is 6.64. The molecule has 1 unspecified atom stereocenters. The van der Waals surface area contributed by atoms with E-state index in [0.29, 0.717) is 29.7 Å². The highest BCUT2D eigenvalue weighted by atomic mass is 35.5. The Bertz CT molecular complexity index is 898. The molecule has 1 aromatic heterocycles. The number of benzene rings is 1. The molecule has 2 fully saturated rings. The molecule has 2 aliphatic rings. The second-order valence-corrected chi connectivity index (χ2v) is 9.11. The Morgan fingerprint density at radius 3 is 2.63 bits per heavy atom. The van der Waals surface area contributed by atoms with Crippen molar-refractivity contribution in [1.82, 2.24) is 20.1 Å². The predicted molar refractivity (Wildman–Crippen MR) is 120 cm³/mol. The first-order chi connectivity index (χ1) is 14.5. The molecule has 0 radical (unpaired) electrons. The van der Waals surface area contributed by atoms with Gasteiger partial charge in [-0.15, -0.1) is 0 Å². The molecule has 1 aromatic carbocycles. The highest BCUT2D eigenvalue weighted by Gasteiger charge is 2.30. The molecular formula is C23H31ClN4O2. The zero-order valence-electron chi connectivity index (χ0n) is 17.6. The van der Waals surface area contributed by atoms with Crippen molar-refractivity contribution in [3.05, 3.63) is 35.0 Å². The third-order valence-electron chi connectivity index (χ3n) is 6.69. The van der Waals surface area contributed by atoms with Gasteiger partial charge in [0.05, 0.1) is 0 Å². The van der Waals surface area contributed by atoms with E-state index in [4.69, 9.17) is 11.6 Å². The molecule has 0 bridgehead atoms. The van der Waals surface area contributed by atoms with Crippen molar-refractivity contribution in [2.24, 2.45) is 11.8 Å². The maximum absolute atomic E-state index is 12.9. The molecule has 162 valence electrons. The van der Waals surface area contributed by atoms with E-state index in [1.54, 1.807) is 0 Å². The Labute approximate surface area is 182 Å². The minimum absolute atomic E-state index is 0.0171. The average molecular weight is 431 g/mol. The Morgan fingerprint density at radius 2 is 1.90 bits per heavy atom. The maximum atomic E-state index is 12.9. The van der Waals surface area contributed by atoms with E-state index in [9.17, 15) is 9.59 Å². The van der Waals surface area contributed by atoms with Gasteiger partial charge in [0.25, 0.3) is 5.91 Å². The number of aromatic nitrogens is 1. The van der Waals surface area contributed by atoms with Gasteiger partial charge >= 0.3 is 0 Å². The first-order valence-corrected chi connectivity index (χ1v) is 11.5. The van der Waals surface area contributed by atoms with Crippen LogP contribution < -0.4 is 5.32 Å². The van der Waals surface area contributed by atoms with E-state index in [2.05, 4.69) is 15.2 Å². The molecule has 2 amide bonds. The molecule has 2 saturated heterocycles. The van der Waals surface area contributed by atoms with Crippen LogP contribution in [0, 0.1) is 11.8 Å². The lowest BCUT2D eigenvalue weighted by molar-refractivity contribution is -0.126. The molecule has 0 aliphatic carbocycles. The van der Waals surface area contributed by atoms with Crippen molar-refractivity contribution in [2.75, 3.05) is 39.3 Å². The largest absolute Gasteiger partial charge is 0.355 e. The van der Waals surface area contributed by atoms with Gasteiger partial charge in [-0.25, -0.2) is 0 Å². The van der Waals surface area contributed by atoms with Crippen LogP contribution in [0.1, 0.15) is 43.1 Å². The van der Waals surface area contributed by atoms with Crippen LogP contribution in [0.15, 0.2) is 24.3 Å². The molecule has 3 heterocycles. The van der Waals surface area contributed by atoms with Gasteiger partial charge in [-0.1, -0.05) is 18.5 Å². The molecule has 4 rings (SSSR count). The van der Waals surface area contributed by atoms with Crippen LogP contribution in [0.2, 0.25) is 5.02 Å². The summed E-state index contributed by atoms with van der Waals surface area (Å²) in [6.07, 6.45) is 4.26. The summed E-state index contributed by atoms with van der Waals surface area (Å²) in [6, 6.07) is 7.44. The molecule has 2 aromatic rings. The summed E-state index contributed by atoms with van der Waals surface area (Å²) in [7, 11) is 0. The standard InChI is InChI=1S/C23H31ClN4O2/c1-16(22(29)25-8-13-27-9-2-3-10-27)17-6-11-28(12-7-17)23(30)21-15-18-14-19(24)4-5-20(18)26-21/h4-5,14-17,26H,2-3,6-13H2,1H3,(H,25,29). The van der Waals surface area contributed by atoms with Gasteiger partial charge in [0.15, 0.2) is 0 Å². The molecule has 1 atom stereocenters. The summed E-state index contributed by atoms with van der Waals surface area (Å²) < 4.78 is 0. The van der Waals surface area contributed by atoms with Crippen LogP contribution in [-0.4, -0.2) is 65.9 Å². The number of halogens is 1. The van der Waals surface area contributed by atoms with E-state index in [1.807, 2.05) is 36.1 Å². The number of carbonyl (C=O) groups excluding carboxylic acids is 2. The highest BCUT2D eigenvalue weighted by molar-refractivity contribution is 6.31. The monoisotopic (exact) mass is 430 g/mol. The number of fused-ring (bicyclic) bond motifs is 1. The summed E-state index contributed by atoms with van der Waals surface area (Å²) in [4.78, 5) is 33.0. The quantitative estimate of drug-likeness (QED) is 0.736. The Hall–Kier alpha value is -2.05. The van der Waals surface area contributed by atoms with Crippen LogP contribution in [0.25, 0.3) is 10.9 Å². The number of nitrogens with zero attached hydrogens (tertiary/aromatic N) is 2. The Morgan fingerprint density at radius 1 is 1.17 bits per heavy atom. The second kappa shape index (κ2) is 9.40. The van der Waals surface area contributed by atoms with Gasteiger partial charge in [0.1, 0.15) is 5.69 Å². The van der Waals surface area contributed by atoms with Crippen LogP contribution in [-0.2, 0) is 4.79 Å². The van der Waals surface area contributed by atoms with Crippen molar-refractivity contribution in [1.29, 1.82) is 0 Å². The minimum Gasteiger partial charge on any atom is -0.355 e. The smallest absolute Gasteiger partial charge is 0.270 e. The van der Waals surface area contributed by atoms with Crippen molar-refractivity contribution < 1.29 is 9.59 Å². The number of nitrogens with one attached hydrogen (secondary N) is 2. The number of rotatable bonds is 6. The maximum Gasteiger partial charge on any atom is 0.270 e. The number of hydrogen-bond acceptors (Lipinski definition) is 3. The molecule has 7 heteroatoms. The number of H-pyrrole nitrogens is 1. The van der Waals surface area contributed by atoms with E-state index >= 15 is 0 Å². The zero-order valence-corrected chi connectivity index (χ0v) is 18.4. The SMILES string of the molecule is CC(C(=O)NCCN1CCCC1)C1CCN(C(=O)c2cc3cc(Cl)ccc3[nH]2)CC1. The van der Waals surface area contributed by atoms with E-state index < -0.39 is 0 Å². The lowest BCUT2D eigenvalue weighted by Crippen LogP contribution is -2.43. The number of amides is 2. The third kappa shape index (κ3) is 4.81. The second-order valence-electron chi connectivity index (χ2n) is 8.67. The summed E-state index contributed by atoms with van der Waals surface area (Å²) in [5.74, 6) is 0.466. The fourth-order valence-corrected chi connectivity index (χ4v) is 4.89. The minimum atomic E-state index is -0.0175. The van der Waals surface area contributed by atoms with Gasteiger partial charge in [0, 0.05) is 48.0 Å². The van der Waals surface area contributed by atoms with Crippen molar-refractivity contribution >= 4 is 34.3 Å². The van der Waals surface area contributed by atoms with Crippen LogP contribution in [0.4, 0.5) is 0 Å². The molecule has 2 aliphatic heterocycles. The third-order valence-corrected chi connectivity index (χ3v) is 6.92. The number of piperidine rings is 1. The van der Waals surface area contributed by atoms with Crippen molar-refractivity contribution in [3.63, 3.8) is 0 Å². The van der Waals surface area contributed by atoms with E-state index in [0.717, 1.165) is 49.9 Å². The van der Waals surface area contributed by atoms with Gasteiger partial charge in [-0.2, -0.15) is 0 Å².